The lowest BCUT2D eigenvalue weighted by Crippen LogP contribution is -2.38. The average Bonchev–Trinajstić information content (AvgIpc) is 2.56. The lowest BCUT2D eigenvalue weighted by atomic mass is 10.1. The van der Waals surface area contributed by atoms with E-state index in [0.29, 0.717) is 5.56 Å². The molecule has 2 aromatic rings. The Morgan fingerprint density at radius 2 is 1.83 bits per heavy atom. The summed E-state index contributed by atoms with van der Waals surface area (Å²) in [4.78, 5) is 23.9. The van der Waals surface area contributed by atoms with Crippen LogP contribution in [-0.4, -0.2) is 18.4 Å². The Morgan fingerprint density at radius 3 is 2.42 bits per heavy atom. The first kappa shape index (κ1) is 17.4. The predicted octanol–water partition coefficient (Wildman–Crippen LogP) is 2.32. The number of hydrogen-bond donors (Lipinski definition) is 2. The highest BCUT2D eigenvalue weighted by Gasteiger charge is 2.26. The van der Waals surface area contributed by atoms with Gasteiger partial charge in [-0.2, -0.15) is 0 Å². The normalized spacial score (nSPS) is 11.6. The molecule has 0 aliphatic rings. The summed E-state index contributed by atoms with van der Waals surface area (Å²) in [5.74, 6) is -4.40. The second kappa shape index (κ2) is 7.54. The zero-order valence-corrected chi connectivity index (χ0v) is 12.9. The Hall–Kier alpha value is -2.96. The van der Waals surface area contributed by atoms with E-state index in [4.69, 9.17) is 10.5 Å². The molecule has 24 heavy (non-hydrogen) atoms. The molecule has 0 unspecified atom stereocenters. The van der Waals surface area contributed by atoms with E-state index < -0.39 is 35.1 Å². The smallest absolute Gasteiger partial charge is 0.258 e. The van der Waals surface area contributed by atoms with Crippen molar-refractivity contribution in [1.82, 2.24) is 5.32 Å². The molecule has 126 valence electrons. The molecule has 0 aliphatic heterocycles. The quantitative estimate of drug-likeness (QED) is 0.851. The number of halogens is 2. The number of nitrogens with one attached hydrogen (secondary N) is 1. The van der Waals surface area contributed by atoms with E-state index in [0.717, 1.165) is 12.1 Å². The van der Waals surface area contributed by atoms with Gasteiger partial charge in [0.15, 0.2) is 11.6 Å². The van der Waals surface area contributed by atoms with Crippen LogP contribution in [0.25, 0.3) is 0 Å². The highest BCUT2D eigenvalue weighted by Crippen LogP contribution is 2.24. The third-order valence-corrected chi connectivity index (χ3v) is 3.28. The van der Waals surface area contributed by atoms with Crippen LogP contribution in [0.5, 0.6) is 5.75 Å². The molecular formula is C17H16F2N2O3. The minimum atomic E-state index is -1.21. The minimum Gasteiger partial charge on any atom is -0.491 e. The van der Waals surface area contributed by atoms with Crippen molar-refractivity contribution in [3.05, 3.63) is 65.2 Å². The van der Waals surface area contributed by atoms with E-state index in [2.05, 4.69) is 5.32 Å². The molecule has 0 aromatic heterocycles. The van der Waals surface area contributed by atoms with Gasteiger partial charge in [-0.1, -0.05) is 30.3 Å². The van der Waals surface area contributed by atoms with Gasteiger partial charge < -0.3 is 15.8 Å². The maximum atomic E-state index is 14.3. The van der Waals surface area contributed by atoms with Gasteiger partial charge in [0.25, 0.3) is 5.91 Å². The minimum absolute atomic E-state index is 0.150. The third-order valence-electron chi connectivity index (χ3n) is 3.28. The third kappa shape index (κ3) is 3.68. The highest BCUT2D eigenvalue weighted by molar-refractivity contribution is 5.98. The molecule has 3 N–H and O–H groups in total. The van der Waals surface area contributed by atoms with E-state index in [-0.39, 0.29) is 12.4 Å². The fourth-order valence-electron chi connectivity index (χ4n) is 2.18. The molecular weight excluding hydrogens is 318 g/mol. The molecule has 0 aliphatic carbocycles. The van der Waals surface area contributed by atoms with Crippen LogP contribution in [0.2, 0.25) is 0 Å². The molecule has 1 atom stereocenters. The Bertz CT molecular complexity index is 751. The number of benzene rings is 2. The number of hydrogen-bond acceptors (Lipinski definition) is 3. The molecule has 0 fully saturated rings. The molecule has 0 heterocycles. The molecule has 5 nitrogen and oxygen atoms in total. The number of carbonyl (C=O) groups excluding carboxylic acids is 2. The van der Waals surface area contributed by atoms with Crippen molar-refractivity contribution in [3.8, 4) is 5.75 Å². The average molecular weight is 334 g/mol. The first-order valence-corrected chi connectivity index (χ1v) is 7.21. The zero-order chi connectivity index (χ0) is 17.7. The van der Waals surface area contributed by atoms with Gasteiger partial charge in [-0.15, -0.1) is 0 Å². The van der Waals surface area contributed by atoms with E-state index in [1.165, 1.54) is 0 Å². The van der Waals surface area contributed by atoms with Gasteiger partial charge in [0, 0.05) is 0 Å². The molecule has 2 aromatic carbocycles. The van der Waals surface area contributed by atoms with Crippen molar-refractivity contribution in [3.63, 3.8) is 0 Å². The SMILES string of the molecule is CCOc1ccc(F)c(C(=O)N[C@H](C(N)=O)c2ccccc2)c1F. The van der Waals surface area contributed by atoms with Crippen molar-refractivity contribution in [2.24, 2.45) is 5.73 Å². The molecule has 7 heteroatoms. The Balaban J connectivity index is 2.34. The second-order valence-electron chi connectivity index (χ2n) is 4.89. The fourth-order valence-corrected chi connectivity index (χ4v) is 2.18. The van der Waals surface area contributed by atoms with Crippen LogP contribution in [0, 0.1) is 11.6 Å². The Kier molecular flexibility index (Phi) is 5.47. The Morgan fingerprint density at radius 1 is 1.17 bits per heavy atom. The van der Waals surface area contributed by atoms with Crippen LogP contribution in [-0.2, 0) is 4.79 Å². The first-order valence-electron chi connectivity index (χ1n) is 7.21. The van der Waals surface area contributed by atoms with Gasteiger partial charge in [-0.3, -0.25) is 9.59 Å². The lowest BCUT2D eigenvalue weighted by molar-refractivity contribution is -0.120. The number of primary amides is 1. The molecule has 0 saturated heterocycles. The second-order valence-corrected chi connectivity index (χ2v) is 4.89. The number of ether oxygens (including phenoxy) is 1. The molecule has 0 saturated carbocycles. The van der Waals surface area contributed by atoms with Crippen LogP contribution in [0.3, 0.4) is 0 Å². The van der Waals surface area contributed by atoms with Crippen LogP contribution in [0.15, 0.2) is 42.5 Å². The van der Waals surface area contributed by atoms with E-state index in [1.54, 1.807) is 37.3 Å². The summed E-state index contributed by atoms with van der Waals surface area (Å²) in [6, 6.07) is 8.95. The monoisotopic (exact) mass is 334 g/mol. The lowest BCUT2D eigenvalue weighted by Gasteiger charge is -2.17. The van der Waals surface area contributed by atoms with Crippen LogP contribution in [0.1, 0.15) is 28.9 Å². The maximum absolute atomic E-state index is 14.3. The highest BCUT2D eigenvalue weighted by atomic mass is 19.1. The summed E-state index contributed by atoms with van der Waals surface area (Å²) < 4.78 is 33.2. The van der Waals surface area contributed by atoms with Gasteiger partial charge >= 0.3 is 0 Å². The molecule has 0 bridgehead atoms. The standard InChI is InChI=1S/C17H16F2N2O3/c1-2-24-12-9-8-11(18)13(14(12)19)17(23)21-15(16(20)22)10-6-4-3-5-7-10/h3-9,15H,2H2,1H3,(H2,20,22)(H,21,23)/t15-/m0/s1. The van der Waals surface area contributed by atoms with Gasteiger partial charge in [-0.25, -0.2) is 8.78 Å². The summed E-state index contributed by atoms with van der Waals surface area (Å²) in [5, 5.41) is 2.25. The molecule has 2 amide bonds. The zero-order valence-electron chi connectivity index (χ0n) is 12.9. The summed E-state index contributed by atoms with van der Waals surface area (Å²) in [7, 11) is 0. The summed E-state index contributed by atoms with van der Waals surface area (Å²) >= 11 is 0. The van der Waals surface area contributed by atoms with Crippen molar-refractivity contribution >= 4 is 11.8 Å². The maximum Gasteiger partial charge on any atom is 0.258 e. The van der Waals surface area contributed by atoms with E-state index in [1.807, 2.05) is 0 Å². The molecule has 0 spiro atoms. The van der Waals surface area contributed by atoms with Gasteiger partial charge in [0.05, 0.1) is 6.61 Å². The van der Waals surface area contributed by atoms with Crippen LogP contribution in [0.4, 0.5) is 8.78 Å². The van der Waals surface area contributed by atoms with E-state index >= 15 is 0 Å². The van der Waals surface area contributed by atoms with Crippen molar-refractivity contribution in [2.45, 2.75) is 13.0 Å². The summed E-state index contributed by atoms with van der Waals surface area (Å²) in [5.41, 5.74) is 4.86. The summed E-state index contributed by atoms with van der Waals surface area (Å²) in [6.45, 7) is 1.78. The fraction of sp³-hybridized carbons (Fsp3) is 0.176. The molecule has 2 rings (SSSR count). The Labute approximate surface area is 137 Å². The van der Waals surface area contributed by atoms with Crippen LogP contribution >= 0.6 is 0 Å². The van der Waals surface area contributed by atoms with Crippen molar-refractivity contribution < 1.29 is 23.1 Å². The van der Waals surface area contributed by atoms with Gasteiger partial charge in [0.2, 0.25) is 5.91 Å². The first-order chi connectivity index (χ1) is 11.5. The van der Waals surface area contributed by atoms with Gasteiger partial charge in [-0.05, 0) is 24.6 Å². The topological polar surface area (TPSA) is 81.4 Å². The van der Waals surface area contributed by atoms with Gasteiger partial charge in [0.1, 0.15) is 17.4 Å². The number of carbonyl (C=O) groups is 2. The molecule has 0 radical (unpaired) electrons. The number of nitrogens with two attached hydrogens (primary N) is 1. The summed E-state index contributed by atoms with van der Waals surface area (Å²) in [6.07, 6.45) is 0. The van der Waals surface area contributed by atoms with Crippen LogP contribution < -0.4 is 15.8 Å². The number of rotatable bonds is 6. The number of amides is 2. The predicted molar refractivity (Wildman–Crippen MR) is 83.4 cm³/mol. The van der Waals surface area contributed by atoms with Crippen molar-refractivity contribution in [1.29, 1.82) is 0 Å². The largest absolute Gasteiger partial charge is 0.491 e. The van der Waals surface area contributed by atoms with E-state index in [9.17, 15) is 18.4 Å². The van der Waals surface area contributed by atoms with Crippen molar-refractivity contribution in [2.75, 3.05) is 6.61 Å².